The maximum absolute atomic E-state index is 11.3. The summed E-state index contributed by atoms with van der Waals surface area (Å²) in [7, 11) is -4.06. The van der Waals surface area contributed by atoms with E-state index in [1.807, 2.05) is 0 Å². The van der Waals surface area contributed by atoms with Crippen LogP contribution in [0, 0.1) is 0 Å². The Labute approximate surface area is 120 Å². The molecule has 0 aliphatic carbocycles. The van der Waals surface area contributed by atoms with Crippen LogP contribution in [0.5, 0.6) is 0 Å². The van der Waals surface area contributed by atoms with Crippen molar-refractivity contribution in [3.63, 3.8) is 0 Å². The van der Waals surface area contributed by atoms with Crippen molar-refractivity contribution < 1.29 is 18.5 Å². The van der Waals surface area contributed by atoms with Gasteiger partial charge in [-0.1, -0.05) is 44.7 Å². The Hall–Kier alpha value is 1.07. The van der Waals surface area contributed by atoms with E-state index in [1.165, 1.54) is 0 Å². The zero-order valence-corrected chi connectivity index (χ0v) is 14.0. The molecule has 4 nitrogen and oxygen atoms in total. The van der Waals surface area contributed by atoms with Gasteiger partial charge in [0.25, 0.3) is 0 Å². The molecule has 0 N–H and O–H groups in total. The van der Waals surface area contributed by atoms with Crippen LogP contribution in [0.2, 0.25) is 0 Å². The number of hydrogen-bond acceptors (Lipinski definition) is 3. The van der Waals surface area contributed by atoms with Gasteiger partial charge in [0.05, 0.1) is 13.2 Å². The van der Waals surface area contributed by atoms with Gasteiger partial charge in [0.1, 0.15) is 0 Å². The first-order chi connectivity index (χ1) is 8.12. The molecule has 0 aliphatic heterocycles. The average molecular weight is 395 g/mol. The predicted molar refractivity (Wildman–Crippen MR) is 75.5 cm³/mol. The van der Waals surface area contributed by atoms with E-state index < -0.39 is 7.82 Å². The molecule has 0 aromatic heterocycles. The third kappa shape index (κ3) is 13.3. The van der Waals surface area contributed by atoms with Gasteiger partial charge >= 0.3 is 7.82 Å². The lowest BCUT2D eigenvalue weighted by Crippen LogP contribution is -1.98. The van der Waals surface area contributed by atoms with Crippen molar-refractivity contribution >= 4 is 39.7 Å². The van der Waals surface area contributed by atoms with Gasteiger partial charge in [0.2, 0.25) is 0 Å². The van der Waals surface area contributed by atoms with Gasteiger partial charge < -0.3 is 0 Å². The zero-order chi connectivity index (χ0) is 13.0. The lowest BCUT2D eigenvalue weighted by atomic mass is 10.3. The zero-order valence-electron chi connectivity index (χ0n) is 9.91. The molecule has 0 aromatic carbocycles. The largest absolute Gasteiger partial charge is 0.502 e. The first kappa shape index (κ1) is 18.1. The predicted octanol–water partition coefficient (Wildman–Crippen LogP) is 4.69. The summed E-state index contributed by atoms with van der Waals surface area (Å²) in [6.45, 7) is 0.435. The summed E-state index contributed by atoms with van der Waals surface area (Å²) in [5, 5.41) is 1.87. The monoisotopic (exact) mass is 393 g/mol. The van der Waals surface area contributed by atoms with Crippen LogP contribution in [0.4, 0.5) is 0 Å². The average Bonchev–Trinajstić information content (AvgIpc) is 2.28. The molecule has 7 heteroatoms. The Morgan fingerprint density at radius 2 is 1.18 bits per heavy atom. The highest BCUT2D eigenvalue weighted by atomic mass is 79.9. The molecule has 0 atom stereocenters. The maximum atomic E-state index is 11.3. The van der Waals surface area contributed by atoms with Crippen molar-refractivity contribution in [2.45, 2.75) is 38.5 Å². The van der Waals surface area contributed by atoms with Gasteiger partial charge in [-0.3, -0.25) is 9.05 Å². The Morgan fingerprint density at radius 1 is 0.765 bits per heavy atom. The summed E-state index contributed by atoms with van der Waals surface area (Å²) < 4.78 is 20.7. The van der Waals surface area contributed by atoms with E-state index >= 15 is 0 Å². The van der Waals surface area contributed by atoms with Gasteiger partial charge in [-0.2, -0.15) is 0 Å². The maximum Gasteiger partial charge on any atom is 0.502 e. The van der Waals surface area contributed by atoms with Crippen LogP contribution in [0.15, 0.2) is 0 Å². The minimum absolute atomic E-state index is 0.217. The van der Waals surface area contributed by atoms with Crippen LogP contribution in [0.25, 0.3) is 0 Å². The molecule has 0 heterocycles. The molecular weight excluding hydrogens is 375 g/mol. The molecule has 0 aromatic rings. The van der Waals surface area contributed by atoms with Crippen LogP contribution in [0.1, 0.15) is 38.5 Å². The molecule has 0 bridgehead atoms. The van der Waals surface area contributed by atoms with Gasteiger partial charge in [-0.25, -0.2) is 4.57 Å². The summed E-state index contributed by atoms with van der Waals surface area (Å²) in [5.41, 5.74) is 0. The van der Waals surface area contributed by atoms with Crippen molar-refractivity contribution in [3.05, 3.63) is 0 Å². The molecule has 0 fully saturated rings. The molecule has 0 unspecified atom stereocenters. The number of halogens is 2. The fraction of sp³-hybridized carbons (Fsp3) is 1.00. The Morgan fingerprint density at radius 3 is 1.53 bits per heavy atom. The molecule has 0 rings (SSSR count). The highest BCUT2D eigenvalue weighted by Crippen LogP contribution is 2.44. The first-order valence-electron chi connectivity index (χ1n) is 5.84. The molecule has 0 saturated carbocycles. The minimum atomic E-state index is -4.06. The summed E-state index contributed by atoms with van der Waals surface area (Å²) in [5.74, 6) is 0. The third-order valence-corrected chi connectivity index (χ3v) is 4.17. The number of rotatable bonds is 12. The molecule has 1 radical (unpaired) electrons. The summed E-state index contributed by atoms with van der Waals surface area (Å²) in [6.07, 6.45) is 5.45. The van der Waals surface area contributed by atoms with E-state index in [0.29, 0.717) is 0 Å². The molecular formula is C10H20Br2O4P. The topological polar surface area (TPSA) is 55.4 Å². The Balaban J connectivity index is 3.42. The van der Waals surface area contributed by atoms with Crippen molar-refractivity contribution in [3.8, 4) is 0 Å². The van der Waals surface area contributed by atoms with E-state index in [-0.39, 0.29) is 13.2 Å². The second kappa shape index (κ2) is 12.1. The van der Waals surface area contributed by atoms with Crippen LogP contribution in [-0.4, -0.2) is 23.9 Å². The molecule has 0 aliphatic rings. The van der Waals surface area contributed by atoms with E-state index in [0.717, 1.165) is 49.2 Å². The quantitative estimate of drug-likeness (QED) is 0.274. The van der Waals surface area contributed by atoms with Crippen LogP contribution in [0.3, 0.4) is 0 Å². The van der Waals surface area contributed by atoms with Gasteiger partial charge in [-0.15, -0.1) is 4.89 Å². The lowest BCUT2D eigenvalue weighted by Gasteiger charge is -2.09. The van der Waals surface area contributed by atoms with E-state index in [2.05, 4.69) is 31.9 Å². The fourth-order valence-electron chi connectivity index (χ4n) is 1.14. The smallest absolute Gasteiger partial charge is 0.285 e. The van der Waals surface area contributed by atoms with Crippen molar-refractivity contribution in [2.75, 3.05) is 23.9 Å². The van der Waals surface area contributed by atoms with Gasteiger partial charge in [0, 0.05) is 10.7 Å². The lowest BCUT2D eigenvalue weighted by molar-refractivity contribution is 0.125. The third-order valence-electron chi connectivity index (χ3n) is 2.05. The van der Waals surface area contributed by atoms with Crippen LogP contribution in [-0.2, 0) is 18.5 Å². The first-order valence-corrected chi connectivity index (χ1v) is 9.55. The number of alkyl halides is 2. The van der Waals surface area contributed by atoms with Crippen molar-refractivity contribution in [1.29, 1.82) is 0 Å². The Kier molecular flexibility index (Phi) is 12.9. The molecule has 0 saturated heterocycles. The molecule has 0 amide bonds. The van der Waals surface area contributed by atoms with E-state index in [1.54, 1.807) is 0 Å². The molecule has 17 heavy (non-hydrogen) atoms. The highest BCUT2D eigenvalue weighted by molar-refractivity contribution is 9.09. The summed E-state index contributed by atoms with van der Waals surface area (Å²) in [4.78, 5) is 11.3. The highest BCUT2D eigenvalue weighted by Gasteiger charge is 2.22. The van der Waals surface area contributed by atoms with Crippen LogP contribution >= 0.6 is 39.7 Å². The van der Waals surface area contributed by atoms with Crippen LogP contribution < -0.4 is 0 Å². The normalized spacial score (nSPS) is 11.9. The minimum Gasteiger partial charge on any atom is -0.285 e. The van der Waals surface area contributed by atoms with Gasteiger partial charge in [-0.05, 0) is 25.7 Å². The van der Waals surface area contributed by atoms with Gasteiger partial charge in [0.15, 0.2) is 0 Å². The summed E-state index contributed by atoms with van der Waals surface area (Å²) in [6, 6.07) is 0. The fourth-order valence-corrected chi connectivity index (χ4v) is 2.71. The number of hydrogen-bond donors (Lipinski definition) is 0. The van der Waals surface area contributed by atoms with E-state index in [9.17, 15) is 9.46 Å². The van der Waals surface area contributed by atoms with E-state index in [4.69, 9.17) is 9.05 Å². The molecule has 0 spiro atoms. The summed E-state index contributed by atoms with van der Waals surface area (Å²) >= 11 is 6.62. The second-order valence-corrected chi connectivity index (χ2v) is 6.61. The van der Waals surface area contributed by atoms with Crippen molar-refractivity contribution in [1.82, 2.24) is 0 Å². The second-order valence-electron chi connectivity index (χ2n) is 3.61. The number of unbranched alkanes of at least 4 members (excludes halogenated alkanes) is 4. The van der Waals surface area contributed by atoms with Crippen molar-refractivity contribution in [2.24, 2.45) is 0 Å². The molecule has 103 valence electrons. The Bertz CT molecular complexity index is 198. The standard InChI is InChI=1S/C10H20Br2O4P/c11-7-3-1-5-9-15-17(13,14)16-10-6-2-4-8-12/h1-10H2. The SMILES string of the molecule is [O]P(=O)(OCCCCCBr)OCCCCCBr.